The third-order valence-electron chi connectivity index (χ3n) is 6.47. The van der Waals surface area contributed by atoms with Crippen molar-refractivity contribution in [3.05, 3.63) is 83.7 Å². The third-order valence-corrected chi connectivity index (χ3v) is 6.47. The molecule has 1 atom stereocenters. The van der Waals surface area contributed by atoms with Gasteiger partial charge in [-0.3, -0.25) is 14.4 Å². The summed E-state index contributed by atoms with van der Waals surface area (Å²) in [6.07, 6.45) is -3.64. The number of carbonyl (C=O) groups excluding carboxylic acids is 3. The number of fused-ring (bicyclic) bond motifs is 1. The number of halogens is 5. The minimum absolute atomic E-state index is 0.0670. The summed E-state index contributed by atoms with van der Waals surface area (Å²) >= 11 is 0. The van der Waals surface area contributed by atoms with Crippen LogP contribution in [0.4, 0.5) is 33.3 Å². The normalized spacial score (nSPS) is 15.5. The fourth-order valence-corrected chi connectivity index (χ4v) is 4.35. The lowest BCUT2D eigenvalue weighted by molar-refractivity contribution is -0.274. The molecule has 0 spiro atoms. The number of hydrogen-bond donors (Lipinski definition) is 2. The molecule has 14 heteroatoms. The van der Waals surface area contributed by atoms with Gasteiger partial charge < -0.3 is 25.2 Å². The lowest BCUT2D eigenvalue weighted by Gasteiger charge is -2.30. The van der Waals surface area contributed by atoms with E-state index in [4.69, 9.17) is 0 Å². The predicted molar refractivity (Wildman–Crippen MR) is 142 cm³/mol. The highest BCUT2D eigenvalue weighted by molar-refractivity contribution is 6.04. The highest BCUT2D eigenvalue weighted by Gasteiger charge is 2.38. The Morgan fingerprint density at radius 3 is 2.38 bits per heavy atom. The van der Waals surface area contributed by atoms with E-state index in [1.165, 1.54) is 62.3 Å². The third kappa shape index (κ3) is 6.93. The molecule has 2 heterocycles. The molecule has 0 radical (unpaired) electrons. The molecule has 0 aliphatic carbocycles. The van der Waals surface area contributed by atoms with Crippen LogP contribution in [-0.4, -0.2) is 54.2 Å². The van der Waals surface area contributed by atoms with Gasteiger partial charge in [-0.15, -0.1) is 13.2 Å². The number of likely N-dealkylation sites (N-methyl/N-ethyl adjacent to an activating group) is 1. The van der Waals surface area contributed by atoms with Gasteiger partial charge in [0.2, 0.25) is 5.91 Å². The summed E-state index contributed by atoms with van der Waals surface area (Å²) in [5, 5.41) is 5.02. The van der Waals surface area contributed by atoms with Crippen LogP contribution in [0.25, 0.3) is 0 Å². The Bertz CT molecular complexity index is 1500. The zero-order valence-electron chi connectivity index (χ0n) is 22.6. The van der Waals surface area contributed by atoms with Crippen LogP contribution < -0.4 is 25.2 Å². The van der Waals surface area contributed by atoms with Gasteiger partial charge in [0.1, 0.15) is 23.1 Å². The van der Waals surface area contributed by atoms with E-state index in [1.54, 1.807) is 4.90 Å². The first-order chi connectivity index (χ1) is 19.6. The monoisotopic (exact) mass is 591 g/mol. The number of ether oxygens (including phenoxy) is 1. The Morgan fingerprint density at radius 1 is 1.05 bits per heavy atom. The number of hydrogen-bond acceptors (Lipinski definition) is 6. The first kappa shape index (κ1) is 30.2. The Balaban J connectivity index is 1.58. The van der Waals surface area contributed by atoms with Crippen LogP contribution in [0, 0.1) is 11.6 Å². The van der Waals surface area contributed by atoms with Gasteiger partial charge in [0.05, 0.1) is 11.4 Å². The first-order valence-electron chi connectivity index (χ1n) is 12.6. The molecule has 222 valence electrons. The second kappa shape index (κ2) is 11.6. The van der Waals surface area contributed by atoms with Crippen molar-refractivity contribution in [3.8, 4) is 5.75 Å². The Hall–Kier alpha value is -4.75. The number of benzene rings is 2. The van der Waals surface area contributed by atoms with E-state index in [2.05, 4.69) is 20.4 Å². The van der Waals surface area contributed by atoms with E-state index >= 15 is 0 Å². The fraction of sp³-hybridized carbons (Fsp3) is 0.286. The van der Waals surface area contributed by atoms with Gasteiger partial charge in [0, 0.05) is 26.3 Å². The topological polar surface area (TPSA) is 104 Å². The van der Waals surface area contributed by atoms with Crippen molar-refractivity contribution >= 4 is 29.1 Å². The van der Waals surface area contributed by atoms with E-state index in [0.29, 0.717) is 11.3 Å². The summed E-state index contributed by atoms with van der Waals surface area (Å²) in [4.78, 5) is 45.9. The highest BCUT2D eigenvalue weighted by atomic mass is 19.4. The number of alkyl halides is 3. The predicted octanol–water partition coefficient (Wildman–Crippen LogP) is 3.93. The molecule has 42 heavy (non-hydrogen) atoms. The van der Waals surface area contributed by atoms with Crippen molar-refractivity contribution in [3.63, 3.8) is 0 Å². The molecule has 0 bridgehead atoms. The van der Waals surface area contributed by atoms with Gasteiger partial charge in [-0.1, -0.05) is 12.1 Å². The molecule has 1 aliphatic heterocycles. The van der Waals surface area contributed by atoms with Gasteiger partial charge in [-0.25, -0.2) is 13.8 Å². The zero-order chi connectivity index (χ0) is 30.8. The van der Waals surface area contributed by atoms with E-state index in [0.717, 1.165) is 24.3 Å². The molecule has 3 aromatic rings. The molecule has 2 N–H and O–H groups in total. The van der Waals surface area contributed by atoms with E-state index in [-0.39, 0.29) is 18.8 Å². The average molecular weight is 592 g/mol. The van der Waals surface area contributed by atoms with E-state index in [9.17, 15) is 36.3 Å². The van der Waals surface area contributed by atoms with Gasteiger partial charge in [-0.05, 0) is 61.9 Å². The molecule has 3 amide bonds. The van der Waals surface area contributed by atoms with Crippen LogP contribution >= 0.6 is 0 Å². The van der Waals surface area contributed by atoms with Crippen molar-refractivity contribution < 1.29 is 41.1 Å². The highest BCUT2D eigenvalue weighted by Crippen LogP contribution is 2.34. The molecular weight excluding hydrogens is 565 g/mol. The number of aromatic nitrogens is 1. The Morgan fingerprint density at radius 2 is 1.74 bits per heavy atom. The Labute approximate surface area is 237 Å². The standard InChI is InChI=1S/C28H26F5N5O4/c1-27(2,36-24(39)23-19(30)5-4-12-34-23)26(41)35-20-15-38(14-16-6-9-18(10-7-16)42-28(31,32)33)21-11-8-17(29)13-22(21)37(3)25(20)40/h4-13,20H,14-15H2,1-3H3,(H,35,41)(H,36,39). The van der Waals surface area contributed by atoms with Crippen LogP contribution in [-0.2, 0) is 16.1 Å². The molecule has 4 rings (SSSR count). The van der Waals surface area contributed by atoms with Crippen LogP contribution in [0.15, 0.2) is 60.8 Å². The van der Waals surface area contributed by atoms with Crippen LogP contribution in [0.2, 0.25) is 0 Å². The number of anilines is 2. The SMILES string of the molecule is CN1C(=O)C(NC(=O)C(C)(C)NC(=O)c2ncccc2F)CN(Cc2ccc(OC(F)(F)F)cc2)c2ccc(F)cc21. The van der Waals surface area contributed by atoms with Crippen LogP contribution in [0.5, 0.6) is 5.75 Å². The summed E-state index contributed by atoms with van der Waals surface area (Å²) in [5.41, 5.74) is -0.972. The fourth-order valence-electron chi connectivity index (χ4n) is 4.35. The van der Waals surface area contributed by atoms with Gasteiger partial charge in [0.15, 0.2) is 11.5 Å². The van der Waals surface area contributed by atoms with Gasteiger partial charge >= 0.3 is 6.36 Å². The van der Waals surface area contributed by atoms with Crippen LogP contribution in [0.3, 0.4) is 0 Å². The smallest absolute Gasteiger partial charge is 0.406 e. The maximum Gasteiger partial charge on any atom is 0.573 e. The molecular formula is C28H26F5N5O4. The van der Waals surface area contributed by atoms with E-state index in [1.807, 2.05) is 0 Å². The molecule has 0 saturated heterocycles. The number of amides is 3. The summed E-state index contributed by atoms with van der Waals surface area (Å²) < 4.78 is 69.8. The van der Waals surface area contributed by atoms with E-state index < -0.39 is 58.7 Å². The van der Waals surface area contributed by atoms with Gasteiger partial charge in [-0.2, -0.15) is 0 Å². The van der Waals surface area contributed by atoms with Crippen molar-refractivity contribution in [1.29, 1.82) is 0 Å². The quantitative estimate of drug-likeness (QED) is 0.404. The minimum Gasteiger partial charge on any atom is -0.406 e. The number of carbonyl (C=O) groups is 3. The molecule has 0 saturated carbocycles. The van der Waals surface area contributed by atoms with Crippen molar-refractivity contribution in [1.82, 2.24) is 15.6 Å². The number of rotatable bonds is 7. The number of pyridine rings is 1. The Kier molecular flexibility index (Phi) is 8.36. The maximum absolute atomic E-state index is 14.2. The molecule has 2 aromatic carbocycles. The van der Waals surface area contributed by atoms with Crippen molar-refractivity contribution in [2.45, 2.75) is 38.3 Å². The lowest BCUT2D eigenvalue weighted by Crippen LogP contribution is -2.60. The second-order valence-corrected chi connectivity index (χ2v) is 10.0. The summed E-state index contributed by atoms with van der Waals surface area (Å²) in [6, 6.07) is 10.0. The number of nitrogens with one attached hydrogen (secondary N) is 2. The average Bonchev–Trinajstić information content (AvgIpc) is 2.99. The maximum atomic E-state index is 14.2. The van der Waals surface area contributed by atoms with Crippen molar-refractivity contribution in [2.24, 2.45) is 0 Å². The zero-order valence-corrected chi connectivity index (χ0v) is 22.6. The summed E-state index contributed by atoms with van der Waals surface area (Å²) in [6.45, 7) is 2.67. The second-order valence-electron chi connectivity index (χ2n) is 10.0. The largest absolute Gasteiger partial charge is 0.573 e. The van der Waals surface area contributed by atoms with Gasteiger partial charge in [0.25, 0.3) is 11.8 Å². The minimum atomic E-state index is -4.86. The lowest BCUT2D eigenvalue weighted by atomic mass is 10.0. The first-order valence-corrected chi connectivity index (χ1v) is 12.6. The van der Waals surface area contributed by atoms with Crippen LogP contribution in [0.1, 0.15) is 29.9 Å². The molecule has 0 fully saturated rings. The molecule has 1 aliphatic rings. The number of nitrogens with zero attached hydrogens (tertiary/aromatic N) is 3. The summed E-state index contributed by atoms with van der Waals surface area (Å²) in [5.74, 6) is -4.23. The molecule has 9 nitrogen and oxygen atoms in total. The summed E-state index contributed by atoms with van der Waals surface area (Å²) in [7, 11) is 1.41. The van der Waals surface area contributed by atoms with Crippen molar-refractivity contribution in [2.75, 3.05) is 23.4 Å². The molecule has 1 aromatic heterocycles. The molecule has 1 unspecified atom stereocenters.